The van der Waals surface area contributed by atoms with E-state index in [1.165, 1.54) is 0 Å². The molecule has 0 unspecified atom stereocenters. The van der Waals surface area contributed by atoms with Gasteiger partial charge in [0, 0.05) is 18.0 Å². The lowest BCUT2D eigenvalue weighted by atomic mass is 10.2. The molecule has 2 heterocycles. The number of benzene rings is 1. The van der Waals surface area contributed by atoms with Crippen molar-refractivity contribution in [1.29, 1.82) is 0 Å². The van der Waals surface area contributed by atoms with Crippen LogP contribution in [0.4, 0.5) is 4.79 Å². The van der Waals surface area contributed by atoms with Crippen molar-refractivity contribution in [3.8, 4) is 5.88 Å². The summed E-state index contributed by atoms with van der Waals surface area (Å²) in [7, 11) is 0. The van der Waals surface area contributed by atoms with Crippen molar-refractivity contribution in [1.82, 2.24) is 15.2 Å². The number of pyridine rings is 1. The third-order valence-electron chi connectivity index (χ3n) is 3.52. The molecule has 21 heavy (non-hydrogen) atoms. The lowest BCUT2D eigenvalue weighted by Gasteiger charge is -2.38. The molecule has 3 rings (SSSR count). The third-order valence-corrected chi connectivity index (χ3v) is 3.52. The van der Waals surface area contributed by atoms with Gasteiger partial charge in [-0.15, -0.1) is 0 Å². The van der Waals surface area contributed by atoms with Crippen molar-refractivity contribution in [2.45, 2.75) is 19.4 Å². The standard InChI is InChI=1S/C16H19N3O2/c1-2-9-17-16(20)19-10-13(11-19)21-15-8-7-12-5-3-4-6-14(12)18-15/h3-8,13H,2,9-11H2,1H3,(H,17,20). The first-order valence-corrected chi connectivity index (χ1v) is 7.31. The van der Waals surface area contributed by atoms with Crippen LogP contribution < -0.4 is 10.1 Å². The average molecular weight is 285 g/mol. The molecule has 0 radical (unpaired) electrons. The molecule has 1 aromatic heterocycles. The molecule has 0 spiro atoms. The van der Waals surface area contributed by atoms with Gasteiger partial charge in [-0.25, -0.2) is 9.78 Å². The molecule has 0 aliphatic carbocycles. The quantitative estimate of drug-likeness (QED) is 0.938. The number of ether oxygens (including phenoxy) is 1. The van der Waals surface area contributed by atoms with Gasteiger partial charge >= 0.3 is 6.03 Å². The highest BCUT2D eigenvalue weighted by molar-refractivity contribution is 5.78. The molecule has 1 fully saturated rings. The van der Waals surface area contributed by atoms with Gasteiger partial charge in [0.2, 0.25) is 5.88 Å². The number of nitrogens with zero attached hydrogens (tertiary/aromatic N) is 2. The molecule has 0 atom stereocenters. The molecule has 5 heteroatoms. The number of aromatic nitrogens is 1. The molecule has 1 saturated heterocycles. The molecule has 2 amide bonds. The van der Waals surface area contributed by atoms with Gasteiger partial charge in [0.05, 0.1) is 18.6 Å². The van der Waals surface area contributed by atoms with Crippen molar-refractivity contribution in [3.63, 3.8) is 0 Å². The normalized spacial score (nSPS) is 14.8. The molecule has 110 valence electrons. The van der Waals surface area contributed by atoms with Crippen LogP contribution in [0.2, 0.25) is 0 Å². The predicted molar refractivity (Wildman–Crippen MR) is 81.4 cm³/mol. The number of hydrogen-bond donors (Lipinski definition) is 1. The molecule has 5 nitrogen and oxygen atoms in total. The van der Waals surface area contributed by atoms with Gasteiger partial charge in [-0.3, -0.25) is 0 Å². The van der Waals surface area contributed by atoms with Gasteiger partial charge in [-0.1, -0.05) is 25.1 Å². The number of amides is 2. The van der Waals surface area contributed by atoms with Crippen LogP contribution in [0, 0.1) is 0 Å². The summed E-state index contributed by atoms with van der Waals surface area (Å²) in [6.07, 6.45) is 0.978. The maximum atomic E-state index is 11.7. The SMILES string of the molecule is CCCNC(=O)N1CC(Oc2ccc3ccccc3n2)C1. The Morgan fingerprint density at radius 3 is 2.95 bits per heavy atom. The topological polar surface area (TPSA) is 54.5 Å². The first-order chi connectivity index (χ1) is 10.3. The van der Waals surface area contributed by atoms with Crippen molar-refractivity contribution in [2.24, 2.45) is 0 Å². The van der Waals surface area contributed by atoms with E-state index in [0.29, 0.717) is 25.5 Å². The van der Waals surface area contributed by atoms with E-state index in [0.717, 1.165) is 17.3 Å². The number of urea groups is 1. The van der Waals surface area contributed by atoms with Crippen LogP contribution in [0.5, 0.6) is 5.88 Å². The lowest BCUT2D eigenvalue weighted by molar-refractivity contribution is 0.0417. The number of fused-ring (bicyclic) bond motifs is 1. The minimum atomic E-state index is -0.0110. The Bertz CT molecular complexity index is 638. The number of carbonyl (C=O) groups excluding carboxylic acids is 1. The van der Waals surface area contributed by atoms with Crippen molar-refractivity contribution >= 4 is 16.9 Å². The van der Waals surface area contributed by atoms with Gasteiger partial charge in [0.25, 0.3) is 0 Å². The summed E-state index contributed by atoms with van der Waals surface area (Å²) < 4.78 is 5.81. The van der Waals surface area contributed by atoms with E-state index in [-0.39, 0.29) is 12.1 Å². The third kappa shape index (κ3) is 3.07. The number of nitrogens with one attached hydrogen (secondary N) is 1. The second kappa shape index (κ2) is 5.99. The van der Waals surface area contributed by atoms with Crippen molar-refractivity contribution in [2.75, 3.05) is 19.6 Å². The van der Waals surface area contributed by atoms with E-state index < -0.39 is 0 Å². The molecule has 2 aromatic rings. The van der Waals surface area contributed by atoms with Crippen molar-refractivity contribution < 1.29 is 9.53 Å². The van der Waals surface area contributed by atoms with Crippen molar-refractivity contribution in [3.05, 3.63) is 36.4 Å². The van der Waals surface area contributed by atoms with Gasteiger partial charge in [-0.05, 0) is 18.6 Å². The zero-order chi connectivity index (χ0) is 14.7. The Morgan fingerprint density at radius 2 is 2.14 bits per heavy atom. The van der Waals surface area contributed by atoms with Gasteiger partial charge in [0.15, 0.2) is 0 Å². The molecule has 1 aliphatic rings. The Balaban J connectivity index is 1.54. The van der Waals surface area contributed by atoms with Crippen LogP contribution in [-0.4, -0.2) is 41.7 Å². The summed E-state index contributed by atoms with van der Waals surface area (Å²) in [5.41, 5.74) is 0.923. The number of para-hydroxylation sites is 1. The number of carbonyl (C=O) groups is 1. The zero-order valence-electron chi connectivity index (χ0n) is 12.1. The van der Waals surface area contributed by atoms with E-state index in [2.05, 4.69) is 10.3 Å². The maximum Gasteiger partial charge on any atom is 0.317 e. The van der Waals surface area contributed by atoms with Crippen LogP contribution >= 0.6 is 0 Å². The molecule has 1 aliphatic heterocycles. The summed E-state index contributed by atoms with van der Waals surface area (Å²) in [6.45, 7) is 3.98. The second-order valence-corrected chi connectivity index (χ2v) is 5.22. The predicted octanol–water partition coefficient (Wildman–Crippen LogP) is 2.42. The minimum Gasteiger partial charge on any atom is -0.471 e. The van der Waals surface area contributed by atoms with Crippen LogP contribution in [0.3, 0.4) is 0 Å². The Kier molecular flexibility index (Phi) is 3.90. The second-order valence-electron chi connectivity index (χ2n) is 5.22. The maximum absolute atomic E-state index is 11.7. The fourth-order valence-corrected chi connectivity index (χ4v) is 2.31. The average Bonchev–Trinajstić information content (AvgIpc) is 2.48. The Labute approximate surface area is 123 Å². The van der Waals surface area contributed by atoms with E-state index in [1.54, 1.807) is 4.90 Å². The summed E-state index contributed by atoms with van der Waals surface area (Å²) in [6, 6.07) is 11.8. The zero-order valence-corrected chi connectivity index (χ0v) is 12.1. The van der Waals surface area contributed by atoms with E-state index >= 15 is 0 Å². The molecule has 1 N–H and O–H groups in total. The number of rotatable bonds is 4. The van der Waals surface area contributed by atoms with Gasteiger partial charge in [0.1, 0.15) is 6.10 Å². The molecule has 1 aromatic carbocycles. The lowest BCUT2D eigenvalue weighted by Crippen LogP contribution is -2.59. The van der Waals surface area contributed by atoms with E-state index in [4.69, 9.17) is 4.74 Å². The first-order valence-electron chi connectivity index (χ1n) is 7.31. The molecular weight excluding hydrogens is 266 g/mol. The fourth-order valence-electron chi connectivity index (χ4n) is 2.31. The smallest absolute Gasteiger partial charge is 0.317 e. The fraction of sp³-hybridized carbons (Fsp3) is 0.375. The highest BCUT2D eigenvalue weighted by Crippen LogP contribution is 2.20. The van der Waals surface area contributed by atoms with Crippen LogP contribution in [0.1, 0.15) is 13.3 Å². The van der Waals surface area contributed by atoms with Crippen LogP contribution in [-0.2, 0) is 0 Å². The molecular formula is C16H19N3O2. The van der Waals surface area contributed by atoms with E-state index in [1.807, 2.05) is 43.3 Å². The molecule has 0 bridgehead atoms. The number of likely N-dealkylation sites (tertiary alicyclic amines) is 1. The van der Waals surface area contributed by atoms with Gasteiger partial charge < -0.3 is 15.0 Å². The number of hydrogen-bond acceptors (Lipinski definition) is 3. The summed E-state index contributed by atoms with van der Waals surface area (Å²) >= 11 is 0. The highest BCUT2D eigenvalue weighted by Gasteiger charge is 2.32. The van der Waals surface area contributed by atoms with Crippen LogP contribution in [0.25, 0.3) is 10.9 Å². The summed E-state index contributed by atoms with van der Waals surface area (Å²) in [5, 5.41) is 3.96. The largest absolute Gasteiger partial charge is 0.471 e. The van der Waals surface area contributed by atoms with Crippen LogP contribution in [0.15, 0.2) is 36.4 Å². The monoisotopic (exact) mass is 285 g/mol. The minimum absolute atomic E-state index is 0.0110. The summed E-state index contributed by atoms with van der Waals surface area (Å²) in [5.74, 6) is 0.618. The van der Waals surface area contributed by atoms with Gasteiger partial charge in [-0.2, -0.15) is 0 Å². The first kappa shape index (κ1) is 13.7. The Morgan fingerprint density at radius 1 is 1.33 bits per heavy atom. The summed E-state index contributed by atoms with van der Waals surface area (Å²) in [4.78, 5) is 17.9. The van der Waals surface area contributed by atoms with E-state index in [9.17, 15) is 4.79 Å². The molecule has 0 saturated carbocycles. The Hall–Kier alpha value is -2.30. The highest BCUT2D eigenvalue weighted by atomic mass is 16.5.